The molecule has 2 N–H and O–H groups in total. The van der Waals surface area contributed by atoms with E-state index in [0.717, 1.165) is 31.4 Å². The molecule has 1 aromatic rings. The van der Waals surface area contributed by atoms with Crippen LogP contribution in [0.25, 0.3) is 0 Å². The summed E-state index contributed by atoms with van der Waals surface area (Å²) in [6.45, 7) is 2.18. The molecule has 0 aliphatic carbocycles. The van der Waals surface area contributed by atoms with Crippen molar-refractivity contribution in [3.8, 4) is 0 Å². The lowest BCUT2D eigenvalue weighted by atomic mass is 10.1. The number of hydrogen-bond acceptors (Lipinski definition) is 3. The number of benzene rings is 1. The normalized spacial score (nSPS) is 11.7. The Morgan fingerprint density at radius 1 is 0.952 bits per heavy atom. The topological polar surface area (TPSA) is 60.2 Å². The SMILES string of the molecule is CCCCCCCCCCS(=O)(=O)c1cc(N)cc(F)c1. The van der Waals surface area contributed by atoms with E-state index in [1.807, 2.05) is 0 Å². The van der Waals surface area contributed by atoms with Crippen molar-refractivity contribution in [2.45, 2.75) is 63.2 Å². The number of rotatable bonds is 10. The summed E-state index contributed by atoms with van der Waals surface area (Å²) in [4.78, 5) is -0.0112. The summed E-state index contributed by atoms with van der Waals surface area (Å²) in [6, 6.07) is 3.48. The summed E-state index contributed by atoms with van der Waals surface area (Å²) < 4.78 is 37.4. The maximum atomic E-state index is 13.2. The van der Waals surface area contributed by atoms with Gasteiger partial charge in [-0.2, -0.15) is 0 Å². The lowest BCUT2D eigenvalue weighted by molar-refractivity contribution is 0.571. The molecule has 0 saturated heterocycles. The lowest BCUT2D eigenvalue weighted by Crippen LogP contribution is -2.08. The van der Waals surface area contributed by atoms with Crippen LogP contribution in [0.5, 0.6) is 0 Å². The van der Waals surface area contributed by atoms with Crippen LogP contribution in [-0.4, -0.2) is 14.2 Å². The first-order valence-electron chi connectivity index (χ1n) is 7.74. The molecule has 0 spiro atoms. The Balaban J connectivity index is 2.33. The van der Waals surface area contributed by atoms with E-state index in [4.69, 9.17) is 5.73 Å². The predicted octanol–water partition coefficient (Wildman–Crippen LogP) is 4.32. The second-order valence-electron chi connectivity index (χ2n) is 5.51. The quantitative estimate of drug-likeness (QED) is 0.516. The molecule has 0 atom stereocenters. The van der Waals surface area contributed by atoms with Gasteiger partial charge in [0.15, 0.2) is 9.84 Å². The van der Waals surface area contributed by atoms with E-state index >= 15 is 0 Å². The molecule has 0 unspecified atom stereocenters. The van der Waals surface area contributed by atoms with Gasteiger partial charge in [-0.15, -0.1) is 0 Å². The molecule has 1 rings (SSSR count). The molecule has 1 aromatic carbocycles. The highest BCUT2D eigenvalue weighted by atomic mass is 32.2. The van der Waals surface area contributed by atoms with Crippen molar-refractivity contribution < 1.29 is 12.8 Å². The Kier molecular flexibility index (Phi) is 7.72. The van der Waals surface area contributed by atoms with Crippen molar-refractivity contribution in [1.82, 2.24) is 0 Å². The summed E-state index contributed by atoms with van der Waals surface area (Å²) >= 11 is 0. The van der Waals surface area contributed by atoms with Crippen LogP contribution >= 0.6 is 0 Å². The molecule has 5 heteroatoms. The zero-order chi connectivity index (χ0) is 15.7. The van der Waals surface area contributed by atoms with Gasteiger partial charge in [0.05, 0.1) is 10.6 Å². The predicted molar refractivity (Wildman–Crippen MR) is 85.5 cm³/mol. The largest absolute Gasteiger partial charge is 0.399 e. The number of nitrogen functional groups attached to an aromatic ring is 1. The number of halogens is 1. The van der Waals surface area contributed by atoms with Crippen molar-refractivity contribution in [3.63, 3.8) is 0 Å². The van der Waals surface area contributed by atoms with Crippen molar-refractivity contribution in [2.75, 3.05) is 11.5 Å². The zero-order valence-electron chi connectivity index (χ0n) is 12.8. The minimum atomic E-state index is -3.43. The van der Waals surface area contributed by atoms with E-state index in [-0.39, 0.29) is 16.3 Å². The fourth-order valence-electron chi connectivity index (χ4n) is 2.31. The van der Waals surface area contributed by atoms with E-state index in [0.29, 0.717) is 6.42 Å². The molecule has 0 heterocycles. The minimum absolute atomic E-state index is 0.0112. The highest BCUT2D eigenvalue weighted by Crippen LogP contribution is 2.19. The van der Waals surface area contributed by atoms with Crippen LogP contribution in [0.2, 0.25) is 0 Å². The molecular weight excluding hydrogens is 289 g/mol. The van der Waals surface area contributed by atoms with Gasteiger partial charge in [-0.3, -0.25) is 0 Å². The van der Waals surface area contributed by atoms with Gasteiger partial charge in [0.25, 0.3) is 0 Å². The van der Waals surface area contributed by atoms with E-state index in [9.17, 15) is 12.8 Å². The van der Waals surface area contributed by atoms with Gasteiger partial charge >= 0.3 is 0 Å². The number of anilines is 1. The van der Waals surface area contributed by atoms with E-state index < -0.39 is 15.7 Å². The van der Waals surface area contributed by atoms with Crippen LogP contribution in [0.3, 0.4) is 0 Å². The number of nitrogens with two attached hydrogens (primary N) is 1. The van der Waals surface area contributed by atoms with Crippen molar-refractivity contribution in [2.24, 2.45) is 0 Å². The number of hydrogen-bond donors (Lipinski definition) is 1. The van der Waals surface area contributed by atoms with Crippen LogP contribution in [0.15, 0.2) is 23.1 Å². The van der Waals surface area contributed by atoms with Gasteiger partial charge < -0.3 is 5.73 Å². The van der Waals surface area contributed by atoms with E-state index in [1.165, 1.54) is 31.7 Å². The minimum Gasteiger partial charge on any atom is -0.399 e. The molecule has 21 heavy (non-hydrogen) atoms. The Bertz CT molecular complexity index is 509. The maximum Gasteiger partial charge on any atom is 0.178 e. The molecule has 0 saturated carbocycles. The maximum absolute atomic E-state index is 13.2. The van der Waals surface area contributed by atoms with Crippen LogP contribution < -0.4 is 5.73 Å². The second kappa shape index (κ2) is 9.03. The Labute approximate surface area is 127 Å². The van der Waals surface area contributed by atoms with Crippen molar-refractivity contribution in [1.29, 1.82) is 0 Å². The first-order chi connectivity index (χ1) is 9.95. The molecule has 3 nitrogen and oxygen atoms in total. The highest BCUT2D eigenvalue weighted by Gasteiger charge is 2.15. The van der Waals surface area contributed by atoms with Crippen molar-refractivity contribution in [3.05, 3.63) is 24.0 Å². The van der Waals surface area contributed by atoms with Crippen LogP contribution in [-0.2, 0) is 9.84 Å². The smallest absolute Gasteiger partial charge is 0.178 e. The van der Waals surface area contributed by atoms with Crippen LogP contribution in [0.4, 0.5) is 10.1 Å². The molecule has 0 aliphatic heterocycles. The summed E-state index contributed by atoms with van der Waals surface area (Å²) in [5, 5.41) is 0. The fourth-order valence-corrected chi connectivity index (χ4v) is 3.74. The third kappa shape index (κ3) is 6.93. The lowest BCUT2D eigenvalue weighted by Gasteiger charge is -2.06. The molecule has 0 aliphatic rings. The summed E-state index contributed by atoms with van der Waals surface area (Å²) in [7, 11) is -3.43. The molecular formula is C16H26FNO2S. The molecule has 0 radical (unpaired) electrons. The van der Waals surface area contributed by atoms with Crippen LogP contribution in [0, 0.1) is 5.82 Å². The zero-order valence-corrected chi connectivity index (χ0v) is 13.6. The van der Waals surface area contributed by atoms with Gasteiger partial charge in [0, 0.05) is 5.69 Å². The van der Waals surface area contributed by atoms with E-state index in [2.05, 4.69) is 6.92 Å². The standard InChI is InChI=1S/C16H26FNO2S/c1-2-3-4-5-6-7-8-9-10-21(19,20)16-12-14(17)11-15(18)13-16/h11-13H,2-10,18H2,1H3. The van der Waals surface area contributed by atoms with Gasteiger partial charge in [-0.05, 0) is 24.6 Å². The van der Waals surface area contributed by atoms with E-state index in [1.54, 1.807) is 0 Å². The average molecular weight is 315 g/mol. The summed E-state index contributed by atoms with van der Waals surface area (Å²) in [5.41, 5.74) is 5.63. The highest BCUT2D eigenvalue weighted by molar-refractivity contribution is 7.91. The second-order valence-corrected chi connectivity index (χ2v) is 7.62. The molecule has 0 aromatic heterocycles. The fraction of sp³-hybridized carbons (Fsp3) is 0.625. The van der Waals surface area contributed by atoms with Gasteiger partial charge in [0.1, 0.15) is 5.82 Å². The molecule has 120 valence electrons. The van der Waals surface area contributed by atoms with Gasteiger partial charge in [-0.1, -0.05) is 51.9 Å². The first-order valence-corrected chi connectivity index (χ1v) is 9.40. The van der Waals surface area contributed by atoms with Gasteiger partial charge in [-0.25, -0.2) is 12.8 Å². The number of unbranched alkanes of at least 4 members (excludes halogenated alkanes) is 7. The Morgan fingerprint density at radius 2 is 1.52 bits per heavy atom. The monoisotopic (exact) mass is 315 g/mol. The molecule has 0 amide bonds. The first kappa shape index (κ1) is 18.0. The third-order valence-corrected chi connectivity index (χ3v) is 5.30. The Hall–Kier alpha value is -1.10. The average Bonchev–Trinajstić information content (AvgIpc) is 2.40. The Morgan fingerprint density at radius 3 is 2.10 bits per heavy atom. The van der Waals surface area contributed by atoms with Crippen LogP contribution in [0.1, 0.15) is 58.3 Å². The van der Waals surface area contributed by atoms with Gasteiger partial charge in [0.2, 0.25) is 0 Å². The number of sulfone groups is 1. The van der Waals surface area contributed by atoms with Crippen molar-refractivity contribution >= 4 is 15.5 Å². The molecule has 0 fully saturated rings. The third-order valence-electron chi connectivity index (χ3n) is 3.52. The molecule has 0 bridgehead atoms. The summed E-state index contributed by atoms with van der Waals surface area (Å²) in [5.74, 6) is -0.547. The summed E-state index contributed by atoms with van der Waals surface area (Å²) in [6.07, 6.45) is 8.73.